The van der Waals surface area contributed by atoms with E-state index in [4.69, 9.17) is 16.3 Å². The fourth-order valence-corrected chi connectivity index (χ4v) is 5.63. The number of carbonyl (C=O) groups is 2. The summed E-state index contributed by atoms with van der Waals surface area (Å²) in [6, 6.07) is 11.4. The van der Waals surface area contributed by atoms with E-state index in [2.05, 4.69) is 5.32 Å². The maximum atomic E-state index is 13.7. The molecule has 202 valence electrons. The highest BCUT2D eigenvalue weighted by Crippen LogP contribution is 2.27. The Bertz CT molecular complexity index is 1210. The van der Waals surface area contributed by atoms with Gasteiger partial charge in [-0.05, 0) is 62.1 Å². The molecule has 8 nitrogen and oxygen atoms in total. The first-order valence-electron chi connectivity index (χ1n) is 12.5. The van der Waals surface area contributed by atoms with E-state index in [1.165, 1.54) is 11.0 Å². The van der Waals surface area contributed by atoms with Crippen molar-refractivity contribution in [2.45, 2.75) is 64.6 Å². The average molecular weight is 550 g/mol. The Balaban J connectivity index is 1.91. The third-order valence-corrected chi connectivity index (χ3v) is 8.09. The molecule has 2 amide bonds. The standard InChI is InChI=1S/C27H36ClN3O5S/c1-19-13-14-22(28)16-25(19)31(37(4,34)35)18-26(32)30(17-21-9-8-12-24(15-21)36-3)20(2)27(33)29-23-10-6-5-7-11-23/h8-9,12-16,20,23H,5-7,10-11,17-18H2,1-4H3,(H,29,33)/t20-/m0/s1. The van der Waals surface area contributed by atoms with Crippen LogP contribution in [0.1, 0.15) is 50.2 Å². The van der Waals surface area contributed by atoms with Crippen molar-refractivity contribution in [3.8, 4) is 5.75 Å². The number of carbonyl (C=O) groups excluding carboxylic acids is 2. The number of hydrogen-bond donors (Lipinski definition) is 1. The molecule has 0 bridgehead atoms. The van der Waals surface area contributed by atoms with Gasteiger partial charge in [0.2, 0.25) is 21.8 Å². The van der Waals surface area contributed by atoms with Crippen molar-refractivity contribution in [2.24, 2.45) is 0 Å². The van der Waals surface area contributed by atoms with Gasteiger partial charge in [-0.3, -0.25) is 13.9 Å². The quantitative estimate of drug-likeness (QED) is 0.477. The largest absolute Gasteiger partial charge is 0.497 e. The molecule has 1 saturated carbocycles. The van der Waals surface area contributed by atoms with Gasteiger partial charge in [-0.15, -0.1) is 0 Å². The van der Waals surface area contributed by atoms with Crippen LogP contribution in [-0.4, -0.2) is 57.1 Å². The van der Waals surface area contributed by atoms with Gasteiger partial charge in [0.25, 0.3) is 0 Å². The number of rotatable bonds is 10. The maximum Gasteiger partial charge on any atom is 0.244 e. The number of methoxy groups -OCH3 is 1. The summed E-state index contributed by atoms with van der Waals surface area (Å²) in [7, 11) is -2.28. The molecule has 2 aromatic carbocycles. The Morgan fingerprint density at radius 3 is 2.49 bits per heavy atom. The number of nitrogens with one attached hydrogen (secondary N) is 1. The van der Waals surface area contributed by atoms with Gasteiger partial charge in [-0.1, -0.05) is 49.1 Å². The van der Waals surface area contributed by atoms with E-state index in [1.54, 1.807) is 45.2 Å². The summed E-state index contributed by atoms with van der Waals surface area (Å²) in [6.45, 7) is 3.07. The molecule has 1 fully saturated rings. The average Bonchev–Trinajstić information content (AvgIpc) is 2.87. The number of benzene rings is 2. The first-order chi connectivity index (χ1) is 17.5. The topological polar surface area (TPSA) is 96.0 Å². The lowest BCUT2D eigenvalue weighted by Gasteiger charge is -2.33. The number of halogens is 1. The van der Waals surface area contributed by atoms with Crippen LogP contribution in [0, 0.1) is 6.92 Å². The lowest BCUT2D eigenvalue weighted by molar-refractivity contribution is -0.139. The highest BCUT2D eigenvalue weighted by atomic mass is 35.5. The Hall–Kier alpha value is -2.78. The van der Waals surface area contributed by atoms with E-state index in [1.807, 2.05) is 12.1 Å². The van der Waals surface area contributed by atoms with Gasteiger partial charge >= 0.3 is 0 Å². The third-order valence-electron chi connectivity index (χ3n) is 6.72. The molecular formula is C27H36ClN3O5S. The summed E-state index contributed by atoms with van der Waals surface area (Å²) in [5, 5.41) is 3.44. The second-order valence-electron chi connectivity index (χ2n) is 9.59. The van der Waals surface area contributed by atoms with Gasteiger partial charge in [0, 0.05) is 17.6 Å². The van der Waals surface area contributed by atoms with Gasteiger partial charge in [0.15, 0.2) is 0 Å². The minimum atomic E-state index is -3.83. The number of ether oxygens (including phenoxy) is 1. The molecule has 0 aromatic heterocycles. The predicted octanol–water partition coefficient (Wildman–Crippen LogP) is 4.29. The van der Waals surface area contributed by atoms with Crippen molar-refractivity contribution in [1.29, 1.82) is 0 Å². The zero-order valence-corrected chi connectivity index (χ0v) is 23.4. The summed E-state index contributed by atoms with van der Waals surface area (Å²) >= 11 is 6.15. The molecule has 1 N–H and O–H groups in total. The Morgan fingerprint density at radius 1 is 1.14 bits per heavy atom. The lowest BCUT2D eigenvalue weighted by atomic mass is 9.95. The lowest BCUT2D eigenvalue weighted by Crippen LogP contribution is -2.53. The van der Waals surface area contributed by atoms with Crippen molar-refractivity contribution in [2.75, 3.05) is 24.2 Å². The zero-order chi connectivity index (χ0) is 27.2. The molecule has 0 saturated heterocycles. The number of aryl methyl sites for hydroxylation is 1. The first-order valence-corrected chi connectivity index (χ1v) is 14.7. The van der Waals surface area contributed by atoms with Crippen LogP contribution in [0.5, 0.6) is 5.75 Å². The predicted molar refractivity (Wildman–Crippen MR) is 146 cm³/mol. The molecule has 37 heavy (non-hydrogen) atoms. The van der Waals surface area contributed by atoms with Crippen molar-refractivity contribution >= 4 is 39.1 Å². The molecule has 0 radical (unpaired) electrons. The second kappa shape index (κ2) is 12.6. The van der Waals surface area contributed by atoms with E-state index >= 15 is 0 Å². The minimum Gasteiger partial charge on any atom is -0.497 e. The Morgan fingerprint density at radius 2 is 1.84 bits per heavy atom. The van der Waals surface area contributed by atoms with E-state index in [9.17, 15) is 18.0 Å². The maximum absolute atomic E-state index is 13.7. The first kappa shape index (κ1) is 28.8. The Kier molecular flexibility index (Phi) is 9.84. The van der Waals surface area contributed by atoms with Crippen LogP contribution in [-0.2, 0) is 26.2 Å². The third kappa shape index (κ3) is 7.85. The molecule has 0 aliphatic heterocycles. The highest BCUT2D eigenvalue weighted by molar-refractivity contribution is 7.92. The smallest absolute Gasteiger partial charge is 0.244 e. The highest BCUT2D eigenvalue weighted by Gasteiger charge is 2.31. The minimum absolute atomic E-state index is 0.0825. The van der Waals surface area contributed by atoms with Crippen molar-refractivity contribution < 1.29 is 22.7 Å². The van der Waals surface area contributed by atoms with Gasteiger partial charge < -0.3 is 15.0 Å². The second-order valence-corrected chi connectivity index (χ2v) is 11.9. The molecule has 0 spiro atoms. The van der Waals surface area contributed by atoms with E-state index < -0.39 is 28.5 Å². The number of amides is 2. The molecule has 1 atom stereocenters. The van der Waals surface area contributed by atoms with Crippen LogP contribution < -0.4 is 14.4 Å². The summed E-state index contributed by atoms with van der Waals surface area (Å²) in [5.74, 6) is -0.136. The van der Waals surface area contributed by atoms with E-state index in [0.29, 0.717) is 22.0 Å². The fourth-order valence-electron chi connectivity index (χ4n) is 4.56. The SMILES string of the molecule is COc1cccc(CN(C(=O)CN(c2cc(Cl)ccc2C)S(C)(=O)=O)[C@@H](C)C(=O)NC2CCCCC2)c1. The summed E-state index contributed by atoms with van der Waals surface area (Å²) in [6.07, 6.45) is 6.16. The number of sulfonamides is 1. The number of hydrogen-bond acceptors (Lipinski definition) is 5. The molecule has 10 heteroatoms. The van der Waals surface area contributed by atoms with Crippen LogP contribution in [0.3, 0.4) is 0 Å². The zero-order valence-electron chi connectivity index (χ0n) is 21.9. The van der Waals surface area contributed by atoms with Crippen molar-refractivity contribution in [3.63, 3.8) is 0 Å². The van der Waals surface area contributed by atoms with Gasteiger partial charge in [0.05, 0.1) is 19.1 Å². The molecule has 0 heterocycles. The molecular weight excluding hydrogens is 514 g/mol. The molecule has 1 aliphatic rings. The van der Waals surface area contributed by atoms with Crippen molar-refractivity contribution in [3.05, 3.63) is 58.6 Å². The number of anilines is 1. The van der Waals surface area contributed by atoms with Crippen molar-refractivity contribution in [1.82, 2.24) is 10.2 Å². The van der Waals surface area contributed by atoms with Crippen LogP contribution in [0.4, 0.5) is 5.69 Å². The number of nitrogens with zero attached hydrogens (tertiary/aromatic N) is 2. The molecule has 1 aliphatic carbocycles. The fraction of sp³-hybridized carbons (Fsp3) is 0.481. The van der Waals surface area contributed by atoms with Crippen LogP contribution in [0.2, 0.25) is 5.02 Å². The van der Waals surface area contributed by atoms with Crippen LogP contribution in [0.25, 0.3) is 0 Å². The molecule has 0 unspecified atom stereocenters. The van der Waals surface area contributed by atoms with E-state index in [0.717, 1.165) is 48.2 Å². The van der Waals surface area contributed by atoms with Crippen LogP contribution in [0.15, 0.2) is 42.5 Å². The summed E-state index contributed by atoms with van der Waals surface area (Å²) in [5.41, 5.74) is 1.74. The van der Waals surface area contributed by atoms with Gasteiger partial charge in [-0.2, -0.15) is 0 Å². The van der Waals surface area contributed by atoms with Gasteiger partial charge in [-0.25, -0.2) is 8.42 Å². The Labute approximate surface area is 225 Å². The summed E-state index contributed by atoms with van der Waals surface area (Å²) in [4.78, 5) is 28.4. The monoisotopic (exact) mass is 549 g/mol. The van der Waals surface area contributed by atoms with E-state index in [-0.39, 0.29) is 18.5 Å². The van der Waals surface area contributed by atoms with Crippen LogP contribution >= 0.6 is 11.6 Å². The van der Waals surface area contributed by atoms with Gasteiger partial charge in [0.1, 0.15) is 18.3 Å². The molecule has 3 rings (SSSR count). The normalized spacial score (nSPS) is 15.1. The summed E-state index contributed by atoms with van der Waals surface area (Å²) < 4.78 is 31.9. The molecule has 2 aromatic rings.